The fourth-order valence-electron chi connectivity index (χ4n) is 2.38. The zero-order chi connectivity index (χ0) is 12.8. The minimum absolute atomic E-state index is 0.671. The molecule has 0 bridgehead atoms. The number of hydrogen-bond donors (Lipinski definition) is 1. The van der Waals surface area contributed by atoms with Crippen LogP contribution in [-0.2, 0) is 0 Å². The zero-order valence-electron chi connectivity index (χ0n) is 11.4. The third-order valence-electron chi connectivity index (χ3n) is 3.66. The van der Waals surface area contributed by atoms with Crippen LogP contribution in [0.15, 0.2) is 35.2 Å². The molecule has 2 nitrogen and oxygen atoms in total. The van der Waals surface area contributed by atoms with E-state index < -0.39 is 0 Å². The van der Waals surface area contributed by atoms with Crippen LogP contribution in [0.4, 0.5) is 0 Å². The van der Waals surface area contributed by atoms with Crippen molar-refractivity contribution in [3.63, 3.8) is 0 Å². The molecule has 1 heterocycles. The van der Waals surface area contributed by atoms with Gasteiger partial charge >= 0.3 is 0 Å². The van der Waals surface area contributed by atoms with Crippen molar-refractivity contribution in [2.45, 2.75) is 37.2 Å². The average Bonchev–Trinajstić information content (AvgIpc) is 2.42. The Morgan fingerprint density at radius 3 is 2.83 bits per heavy atom. The highest BCUT2D eigenvalue weighted by molar-refractivity contribution is 7.99. The van der Waals surface area contributed by atoms with Crippen molar-refractivity contribution in [3.8, 4) is 0 Å². The van der Waals surface area contributed by atoms with E-state index in [-0.39, 0.29) is 0 Å². The van der Waals surface area contributed by atoms with Crippen LogP contribution in [0.1, 0.15) is 20.3 Å². The summed E-state index contributed by atoms with van der Waals surface area (Å²) in [4.78, 5) is 4.01. The fourth-order valence-corrected chi connectivity index (χ4v) is 3.29. The van der Waals surface area contributed by atoms with Crippen molar-refractivity contribution in [3.05, 3.63) is 30.3 Å². The van der Waals surface area contributed by atoms with Gasteiger partial charge in [-0.1, -0.05) is 25.1 Å². The van der Waals surface area contributed by atoms with Gasteiger partial charge < -0.3 is 5.32 Å². The lowest BCUT2D eigenvalue weighted by atomic mass is 10.1. The molecule has 2 unspecified atom stereocenters. The molecule has 1 aliphatic heterocycles. The second kappa shape index (κ2) is 7.17. The highest BCUT2D eigenvalue weighted by Gasteiger charge is 2.23. The molecule has 2 atom stereocenters. The molecule has 0 aliphatic carbocycles. The molecular formula is C15H24N2S. The van der Waals surface area contributed by atoms with Crippen LogP contribution in [0.5, 0.6) is 0 Å². The Morgan fingerprint density at radius 1 is 1.33 bits per heavy atom. The molecule has 1 aromatic rings. The maximum Gasteiger partial charge on any atom is 0.0193 e. The lowest BCUT2D eigenvalue weighted by molar-refractivity contribution is 0.148. The maximum absolute atomic E-state index is 3.61. The fraction of sp³-hybridized carbons (Fsp3) is 0.600. The summed E-state index contributed by atoms with van der Waals surface area (Å²) in [6.07, 6.45) is 1.23. The summed E-state index contributed by atoms with van der Waals surface area (Å²) in [5.74, 6) is 1.19. The van der Waals surface area contributed by atoms with Gasteiger partial charge in [0.1, 0.15) is 0 Å². The van der Waals surface area contributed by atoms with Crippen LogP contribution < -0.4 is 5.32 Å². The Labute approximate surface area is 115 Å². The molecule has 0 saturated carbocycles. The highest BCUT2D eigenvalue weighted by Crippen LogP contribution is 2.18. The molecule has 0 amide bonds. The first kappa shape index (κ1) is 13.9. The van der Waals surface area contributed by atoms with E-state index in [2.05, 4.69) is 54.4 Å². The summed E-state index contributed by atoms with van der Waals surface area (Å²) >= 11 is 1.96. The van der Waals surface area contributed by atoms with Crippen molar-refractivity contribution < 1.29 is 0 Å². The summed E-state index contributed by atoms with van der Waals surface area (Å²) in [5, 5.41) is 3.61. The third kappa shape index (κ3) is 4.01. The Balaban J connectivity index is 1.75. The first-order valence-corrected chi connectivity index (χ1v) is 7.93. The first-order chi connectivity index (χ1) is 8.79. The molecule has 1 N–H and O–H groups in total. The van der Waals surface area contributed by atoms with Gasteiger partial charge in [0.25, 0.3) is 0 Å². The van der Waals surface area contributed by atoms with E-state index in [1.54, 1.807) is 0 Å². The summed E-state index contributed by atoms with van der Waals surface area (Å²) in [6, 6.07) is 12.0. The molecule has 0 spiro atoms. The summed E-state index contributed by atoms with van der Waals surface area (Å²) in [6.45, 7) is 8.12. The number of thioether (sulfide) groups is 1. The Hall–Kier alpha value is -0.510. The summed E-state index contributed by atoms with van der Waals surface area (Å²) < 4.78 is 0. The van der Waals surface area contributed by atoms with Gasteiger partial charge in [-0.2, -0.15) is 0 Å². The molecule has 1 fully saturated rings. The van der Waals surface area contributed by atoms with Crippen LogP contribution in [-0.4, -0.2) is 42.4 Å². The van der Waals surface area contributed by atoms with Gasteiger partial charge in [-0.05, 0) is 25.5 Å². The largest absolute Gasteiger partial charge is 0.311 e. The van der Waals surface area contributed by atoms with Gasteiger partial charge in [-0.15, -0.1) is 11.8 Å². The number of rotatable bonds is 5. The first-order valence-electron chi connectivity index (χ1n) is 6.95. The second-order valence-electron chi connectivity index (χ2n) is 5.02. The molecule has 2 rings (SSSR count). The van der Waals surface area contributed by atoms with Crippen molar-refractivity contribution >= 4 is 11.8 Å². The van der Waals surface area contributed by atoms with Gasteiger partial charge in [-0.3, -0.25) is 4.90 Å². The van der Waals surface area contributed by atoms with E-state index >= 15 is 0 Å². The van der Waals surface area contributed by atoms with Crippen molar-refractivity contribution in [1.82, 2.24) is 10.2 Å². The van der Waals surface area contributed by atoms with E-state index in [0.717, 1.165) is 6.54 Å². The van der Waals surface area contributed by atoms with Crippen LogP contribution in [0.2, 0.25) is 0 Å². The van der Waals surface area contributed by atoms with Gasteiger partial charge in [0, 0.05) is 42.4 Å². The topological polar surface area (TPSA) is 15.3 Å². The second-order valence-corrected chi connectivity index (χ2v) is 6.19. The molecule has 1 aromatic carbocycles. The minimum Gasteiger partial charge on any atom is -0.311 e. The van der Waals surface area contributed by atoms with E-state index in [4.69, 9.17) is 0 Å². The van der Waals surface area contributed by atoms with Gasteiger partial charge in [0.05, 0.1) is 0 Å². The van der Waals surface area contributed by atoms with Gasteiger partial charge in [-0.25, -0.2) is 0 Å². The van der Waals surface area contributed by atoms with Crippen LogP contribution in [0.25, 0.3) is 0 Å². The van der Waals surface area contributed by atoms with Gasteiger partial charge in [0.2, 0.25) is 0 Å². The average molecular weight is 264 g/mol. The van der Waals surface area contributed by atoms with E-state index in [1.165, 1.54) is 30.2 Å². The number of hydrogen-bond acceptors (Lipinski definition) is 3. The zero-order valence-corrected chi connectivity index (χ0v) is 12.2. The highest BCUT2D eigenvalue weighted by atomic mass is 32.2. The smallest absolute Gasteiger partial charge is 0.0193 e. The molecule has 100 valence electrons. The molecule has 18 heavy (non-hydrogen) atoms. The maximum atomic E-state index is 3.61. The Kier molecular flexibility index (Phi) is 5.54. The molecule has 1 saturated heterocycles. The molecular weight excluding hydrogens is 240 g/mol. The van der Waals surface area contributed by atoms with Crippen molar-refractivity contribution in [2.24, 2.45) is 0 Å². The monoisotopic (exact) mass is 264 g/mol. The predicted octanol–water partition coefficient (Wildman–Crippen LogP) is 2.85. The Bertz CT molecular complexity index is 342. The molecule has 0 radical (unpaired) electrons. The quantitative estimate of drug-likeness (QED) is 0.823. The SMILES string of the molecule is CCC1CN(CCSc2ccccc2)C(C)CN1. The standard InChI is InChI=1S/C15H24N2S/c1-3-14-12-17(13(2)11-16-14)9-10-18-15-7-5-4-6-8-15/h4-8,13-14,16H,3,9-12H2,1-2H3. The van der Waals surface area contributed by atoms with Crippen LogP contribution in [0.3, 0.4) is 0 Å². The number of nitrogens with zero attached hydrogens (tertiary/aromatic N) is 1. The van der Waals surface area contributed by atoms with E-state index in [1.807, 2.05) is 11.8 Å². The van der Waals surface area contributed by atoms with Gasteiger partial charge in [0.15, 0.2) is 0 Å². The third-order valence-corrected chi connectivity index (χ3v) is 4.66. The number of piperazine rings is 1. The minimum atomic E-state index is 0.671. The molecule has 3 heteroatoms. The van der Waals surface area contributed by atoms with E-state index in [9.17, 15) is 0 Å². The van der Waals surface area contributed by atoms with E-state index in [0.29, 0.717) is 12.1 Å². The summed E-state index contributed by atoms with van der Waals surface area (Å²) in [7, 11) is 0. The Morgan fingerprint density at radius 2 is 2.11 bits per heavy atom. The summed E-state index contributed by atoms with van der Waals surface area (Å²) in [5.41, 5.74) is 0. The number of benzene rings is 1. The van der Waals surface area contributed by atoms with Crippen molar-refractivity contribution in [1.29, 1.82) is 0 Å². The number of nitrogens with one attached hydrogen (secondary N) is 1. The van der Waals surface area contributed by atoms with Crippen molar-refractivity contribution in [2.75, 3.05) is 25.4 Å². The molecule has 0 aromatic heterocycles. The van der Waals surface area contributed by atoms with Crippen LogP contribution in [0, 0.1) is 0 Å². The lowest BCUT2D eigenvalue weighted by Crippen LogP contribution is -2.55. The van der Waals surface area contributed by atoms with Crippen LogP contribution >= 0.6 is 11.8 Å². The molecule has 1 aliphatic rings. The lowest BCUT2D eigenvalue weighted by Gasteiger charge is -2.38. The predicted molar refractivity (Wildman–Crippen MR) is 80.3 cm³/mol. The normalized spacial score (nSPS) is 25.2.